The second-order valence-corrected chi connectivity index (χ2v) is 8.28. The van der Waals surface area contributed by atoms with Crippen molar-refractivity contribution in [1.82, 2.24) is 0 Å². The molecule has 4 aliphatic rings. The monoisotopic (exact) mass is 272 g/mol. The van der Waals surface area contributed by atoms with Crippen LogP contribution in [-0.2, 0) is 4.79 Å². The van der Waals surface area contributed by atoms with Crippen molar-refractivity contribution in [2.45, 2.75) is 71.6 Å². The van der Waals surface area contributed by atoms with Crippen LogP contribution in [0.25, 0.3) is 0 Å². The lowest BCUT2D eigenvalue weighted by atomic mass is 9.48. The molecule has 0 radical (unpaired) electrons. The number of hydrogen-bond acceptors (Lipinski definition) is 1. The predicted octanol–water partition coefficient (Wildman–Crippen LogP) is 4.91. The van der Waals surface area contributed by atoms with Crippen LogP contribution in [-0.4, -0.2) is 5.78 Å². The summed E-state index contributed by atoms with van der Waals surface area (Å²) in [6.45, 7) is 4.92. The Hall–Kier alpha value is -0.590. The molecular formula is C19H28O. The highest BCUT2D eigenvalue weighted by Crippen LogP contribution is 2.62. The molecule has 1 nitrogen and oxygen atoms in total. The molecule has 0 spiro atoms. The van der Waals surface area contributed by atoms with Crippen molar-refractivity contribution in [3.05, 3.63) is 11.1 Å². The number of rotatable bonds is 0. The van der Waals surface area contributed by atoms with Crippen molar-refractivity contribution in [2.24, 2.45) is 29.1 Å². The van der Waals surface area contributed by atoms with Gasteiger partial charge in [-0.1, -0.05) is 18.1 Å². The first-order valence-electron chi connectivity index (χ1n) is 8.80. The molecular weight excluding hydrogens is 244 g/mol. The summed E-state index contributed by atoms with van der Waals surface area (Å²) in [4.78, 5) is 11.8. The molecule has 0 unspecified atom stereocenters. The highest BCUT2D eigenvalue weighted by Gasteiger charge is 2.54. The molecule has 1 heteroatoms. The first-order chi connectivity index (χ1) is 9.59. The molecule has 0 saturated heterocycles. The first-order valence-corrected chi connectivity index (χ1v) is 8.80. The zero-order valence-corrected chi connectivity index (χ0v) is 13.1. The number of hydrogen-bond donors (Lipinski definition) is 0. The van der Waals surface area contributed by atoms with Gasteiger partial charge < -0.3 is 0 Å². The van der Waals surface area contributed by atoms with E-state index in [1.807, 2.05) is 5.57 Å². The third kappa shape index (κ3) is 1.71. The summed E-state index contributed by atoms with van der Waals surface area (Å²) in [5.74, 6) is 4.03. The van der Waals surface area contributed by atoms with Crippen LogP contribution in [0.4, 0.5) is 0 Å². The normalized spacial score (nSPS) is 47.8. The van der Waals surface area contributed by atoms with E-state index in [-0.39, 0.29) is 0 Å². The molecule has 4 aliphatic carbocycles. The van der Waals surface area contributed by atoms with Gasteiger partial charge >= 0.3 is 0 Å². The van der Waals surface area contributed by atoms with Crippen LogP contribution in [0.15, 0.2) is 11.1 Å². The van der Waals surface area contributed by atoms with Gasteiger partial charge in [-0.2, -0.15) is 0 Å². The van der Waals surface area contributed by atoms with Crippen molar-refractivity contribution < 1.29 is 4.79 Å². The summed E-state index contributed by atoms with van der Waals surface area (Å²) in [5.41, 5.74) is 4.05. The Labute approximate surface area is 123 Å². The summed E-state index contributed by atoms with van der Waals surface area (Å²) >= 11 is 0. The predicted molar refractivity (Wildman–Crippen MR) is 81.3 cm³/mol. The maximum absolute atomic E-state index is 11.8. The molecule has 0 heterocycles. The van der Waals surface area contributed by atoms with E-state index in [0.29, 0.717) is 17.1 Å². The molecule has 0 aromatic heterocycles. The average Bonchev–Trinajstić information content (AvgIpc) is 2.82. The fourth-order valence-electron chi connectivity index (χ4n) is 6.46. The fourth-order valence-corrected chi connectivity index (χ4v) is 6.46. The zero-order valence-electron chi connectivity index (χ0n) is 13.1. The van der Waals surface area contributed by atoms with Crippen molar-refractivity contribution in [1.29, 1.82) is 0 Å². The van der Waals surface area contributed by atoms with Crippen LogP contribution < -0.4 is 0 Å². The highest BCUT2D eigenvalue weighted by molar-refractivity contribution is 5.79. The lowest BCUT2D eigenvalue weighted by Crippen LogP contribution is -2.50. The molecule has 3 saturated carbocycles. The van der Waals surface area contributed by atoms with Gasteiger partial charge in [-0.15, -0.1) is 0 Å². The van der Waals surface area contributed by atoms with Crippen molar-refractivity contribution in [3.63, 3.8) is 0 Å². The lowest BCUT2D eigenvalue weighted by molar-refractivity contribution is -0.132. The summed E-state index contributed by atoms with van der Waals surface area (Å²) in [7, 11) is 0. The van der Waals surface area contributed by atoms with Gasteiger partial charge in [0.05, 0.1) is 0 Å². The number of fused-ring (bicyclic) bond motifs is 5. The van der Waals surface area contributed by atoms with Gasteiger partial charge in [0.25, 0.3) is 0 Å². The Balaban J connectivity index is 1.64. The molecule has 4 rings (SSSR count). The van der Waals surface area contributed by atoms with Gasteiger partial charge in [-0.25, -0.2) is 0 Å². The minimum absolute atomic E-state index is 0.485. The third-order valence-corrected chi connectivity index (χ3v) is 7.63. The first kappa shape index (κ1) is 13.1. The van der Waals surface area contributed by atoms with Crippen LogP contribution in [0, 0.1) is 29.1 Å². The molecule has 5 atom stereocenters. The van der Waals surface area contributed by atoms with E-state index >= 15 is 0 Å². The van der Waals surface area contributed by atoms with E-state index in [2.05, 4.69) is 13.8 Å². The Bertz CT molecular complexity index is 474. The number of carbonyl (C=O) groups is 1. The Morgan fingerprint density at radius 3 is 2.75 bits per heavy atom. The molecule has 0 amide bonds. The van der Waals surface area contributed by atoms with E-state index in [0.717, 1.165) is 30.6 Å². The van der Waals surface area contributed by atoms with Crippen LogP contribution in [0.1, 0.15) is 71.6 Å². The average molecular weight is 272 g/mol. The molecule has 20 heavy (non-hydrogen) atoms. The number of Topliss-reactive ketones (excluding diaryl/α,β-unsaturated/α-hetero) is 1. The summed E-state index contributed by atoms with van der Waals surface area (Å²) in [6, 6.07) is 0. The molecule has 0 bridgehead atoms. The Kier molecular flexibility index (Phi) is 2.91. The van der Waals surface area contributed by atoms with Gasteiger partial charge in [0.1, 0.15) is 5.78 Å². The number of allylic oxidation sites excluding steroid dienone is 2. The van der Waals surface area contributed by atoms with E-state index in [1.165, 1.54) is 44.9 Å². The maximum Gasteiger partial charge on any atom is 0.133 e. The topological polar surface area (TPSA) is 17.1 Å². The maximum atomic E-state index is 11.8. The molecule has 0 aliphatic heterocycles. The number of carbonyl (C=O) groups excluding carboxylic acids is 1. The Morgan fingerprint density at radius 2 is 1.90 bits per heavy atom. The van der Waals surface area contributed by atoms with Gasteiger partial charge in [0.2, 0.25) is 0 Å². The minimum Gasteiger partial charge on any atom is -0.300 e. The van der Waals surface area contributed by atoms with E-state index < -0.39 is 0 Å². The van der Waals surface area contributed by atoms with Gasteiger partial charge in [-0.3, -0.25) is 4.79 Å². The highest BCUT2D eigenvalue weighted by atomic mass is 16.1. The fraction of sp³-hybridized carbons (Fsp3) is 0.842. The summed E-state index contributed by atoms with van der Waals surface area (Å²) in [5, 5.41) is 0. The van der Waals surface area contributed by atoms with Gasteiger partial charge in [0.15, 0.2) is 0 Å². The van der Waals surface area contributed by atoms with E-state index in [9.17, 15) is 4.79 Å². The molecule has 3 fully saturated rings. The van der Waals surface area contributed by atoms with Crippen LogP contribution >= 0.6 is 0 Å². The summed E-state index contributed by atoms with van der Waals surface area (Å²) in [6.07, 6.45) is 11.2. The molecule has 0 aromatic carbocycles. The van der Waals surface area contributed by atoms with Crippen molar-refractivity contribution in [2.75, 3.05) is 0 Å². The largest absolute Gasteiger partial charge is 0.300 e. The van der Waals surface area contributed by atoms with E-state index in [1.54, 1.807) is 5.57 Å². The third-order valence-electron chi connectivity index (χ3n) is 7.63. The second-order valence-electron chi connectivity index (χ2n) is 8.28. The zero-order chi connectivity index (χ0) is 13.9. The molecule has 110 valence electrons. The Morgan fingerprint density at radius 1 is 1.05 bits per heavy atom. The lowest BCUT2D eigenvalue weighted by Gasteiger charge is -2.57. The molecule has 0 N–H and O–H groups in total. The minimum atomic E-state index is 0.485. The van der Waals surface area contributed by atoms with Crippen LogP contribution in [0.5, 0.6) is 0 Å². The summed E-state index contributed by atoms with van der Waals surface area (Å²) < 4.78 is 0. The van der Waals surface area contributed by atoms with E-state index in [4.69, 9.17) is 0 Å². The van der Waals surface area contributed by atoms with Crippen LogP contribution in [0.2, 0.25) is 0 Å². The smallest absolute Gasteiger partial charge is 0.133 e. The number of ketones is 1. The van der Waals surface area contributed by atoms with Crippen LogP contribution in [0.3, 0.4) is 0 Å². The van der Waals surface area contributed by atoms with Gasteiger partial charge in [-0.05, 0) is 81.0 Å². The SMILES string of the molecule is CC1=C2CC[C@@H]3[C@H](CC[C@@H]4CC(=O)CC[C@@]43C)[C@@H]2CC1. The second kappa shape index (κ2) is 4.45. The van der Waals surface area contributed by atoms with Gasteiger partial charge in [0, 0.05) is 12.8 Å². The standard InChI is InChI=1S/C19H28O/c1-12-3-5-16-15(12)7-8-18-17(16)6-4-13-11-14(20)9-10-19(13,18)2/h13,16-18H,3-11H2,1-2H3/t13-,16-,17-,18-,19+/m1/s1. The van der Waals surface area contributed by atoms with Crippen molar-refractivity contribution >= 4 is 5.78 Å². The molecule has 0 aromatic rings. The quantitative estimate of drug-likeness (QED) is 0.573. The van der Waals surface area contributed by atoms with Crippen molar-refractivity contribution in [3.8, 4) is 0 Å².